The molecular weight excluding hydrogens is 376 g/mol. The Morgan fingerprint density at radius 3 is 1.70 bits per heavy atom. The van der Waals surface area contributed by atoms with Crippen molar-refractivity contribution in [2.24, 2.45) is 23.7 Å². The minimum absolute atomic E-state index is 0.184. The summed E-state index contributed by atoms with van der Waals surface area (Å²) >= 11 is 0. The lowest BCUT2D eigenvalue weighted by Gasteiger charge is -2.25. The fourth-order valence-electron chi connectivity index (χ4n) is 5.00. The molecular formula is C26H40O4-2. The molecule has 1 aromatic carbocycles. The van der Waals surface area contributed by atoms with Gasteiger partial charge in [-0.3, -0.25) is 0 Å². The van der Waals surface area contributed by atoms with Crippen LogP contribution in [0.5, 0.6) is 0 Å². The van der Waals surface area contributed by atoms with Gasteiger partial charge in [-0.1, -0.05) is 79.4 Å². The number of aromatic carboxylic acids is 2. The summed E-state index contributed by atoms with van der Waals surface area (Å²) in [5, 5.41) is 23.5. The van der Waals surface area contributed by atoms with E-state index in [9.17, 15) is 19.8 Å². The van der Waals surface area contributed by atoms with Crippen LogP contribution in [0.2, 0.25) is 0 Å². The second kappa shape index (κ2) is 12.8. The van der Waals surface area contributed by atoms with Gasteiger partial charge in [-0.05, 0) is 60.5 Å². The predicted molar refractivity (Wildman–Crippen MR) is 118 cm³/mol. The molecule has 1 aromatic rings. The number of carboxylic acids is 2. The Morgan fingerprint density at radius 1 is 0.767 bits per heavy atom. The Balaban J connectivity index is 3.24. The van der Waals surface area contributed by atoms with Crippen LogP contribution in [0.4, 0.5) is 0 Å². The van der Waals surface area contributed by atoms with Crippen molar-refractivity contribution in [1.29, 1.82) is 0 Å². The summed E-state index contributed by atoms with van der Waals surface area (Å²) in [5.74, 6) is -1.06. The average molecular weight is 417 g/mol. The molecule has 0 heterocycles. The summed E-state index contributed by atoms with van der Waals surface area (Å²) in [5.41, 5.74) is 1.11. The molecule has 0 aromatic heterocycles. The molecule has 4 nitrogen and oxygen atoms in total. The maximum atomic E-state index is 12.0. The van der Waals surface area contributed by atoms with Gasteiger partial charge in [0, 0.05) is 11.1 Å². The van der Waals surface area contributed by atoms with Crippen LogP contribution in [0, 0.1) is 23.7 Å². The summed E-state index contributed by atoms with van der Waals surface area (Å²) < 4.78 is 0. The van der Waals surface area contributed by atoms with Gasteiger partial charge in [-0.25, -0.2) is 0 Å². The molecule has 1 rings (SSSR count). The van der Waals surface area contributed by atoms with E-state index in [1.807, 2.05) is 0 Å². The van der Waals surface area contributed by atoms with Gasteiger partial charge in [0.2, 0.25) is 0 Å². The van der Waals surface area contributed by atoms with Crippen LogP contribution in [0.1, 0.15) is 112 Å². The Bertz CT molecular complexity index is 695. The van der Waals surface area contributed by atoms with Crippen molar-refractivity contribution < 1.29 is 19.8 Å². The average Bonchev–Trinajstić information content (AvgIpc) is 2.62. The van der Waals surface area contributed by atoms with Crippen molar-refractivity contribution in [1.82, 2.24) is 0 Å². The molecule has 0 N–H and O–H groups in total. The smallest absolute Gasteiger partial charge is 0.0724 e. The van der Waals surface area contributed by atoms with E-state index in [-0.39, 0.29) is 17.0 Å². The first kappa shape index (κ1) is 26.2. The van der Waals surface area contributed by atoms with E-state index in [0.29, 0.717) is 29.7 Å². The standard InChI is InChI=1S/C26H42O4/c1-7-9-17(3)13-19(5)15-21-11-12-22(25(27)28)24(26(29)30)23(21)16-20(6)14-18(4)10-8-2/h11-12,17-20H,7-10,13-16H2,1-6H3,(H,27,28)(H,29,30)/p-2. The zero-order chi connectivity index (χ0) is 22.8. The summed E-state index contributed by atoms with van der Waals surface area (Å²) in [6.07, 6.45) is 7.93. The van der Waals surface area contributed by atoms with Gasteiger partial charge < -0.3 is 19.8 Å². The van der Waals surface area contributed by atoms with Crippen LogP contribution in [-0.2, 0) is 12.8 Å². The number of hydrogen-bond donors (Lipinski definition) is 0. The third-order valence-corrected chi connectivity index (χ3v) is 6.13. The molecule has 4 unspecified atom stereocenters. The fourth-order valence-corrected chi connectivity index (χ4v) is 5.00. The van der Waals surface area contributed by atoms with Gasteiger partial charge in [0.1, 0.15) is 0 Å². The van der Waals surface area contributed by atoms with Gasteiger partial charge >= 0.3 is 0 Å². The molecule has 0 amide bonds. The lowest BCUT2D eigenvalue weighted by atomic mass is 9.82. The first-order valence-corrected chi connectivity index (χ1v) is 11.7. The highest BCUT2D eigenvalue weighted by atomic mass is 16.4. The lowest BCUT2D eigenvalue weighted by Crippen LogP contribution is -2.32. The number of rotatable bonds is 14. The van der Waals surface area contributed by atoms with Crippen molar-refractivity contribution >= 4 is 11.9 Å². The van der Waals surface area contributed by atoms with Crippen molar-refractivity contribution in [2.45, 2.75) is 92.9 Å². The number of benzene rings is 1. The number of carbonyl (C=O) groups is 2. The highest BCUT2D eigenvalue weighted by molar-refractivity contribution is 6.01. The zero-order valence-corrected chi connectivity index (χ0v) is 19.8. The third-order valence-electron chi connectivity index (χ3n) is 6.13. The molecule has 0 aliphatic rings. The molecule has 30 heavy (non-hydrogen) atoms. The summed E-state index contributed by atoms with van der Waals surface area (Å²) in [4.78, 5) is 23.5. The first-order valence-electron chi connectivity index (χ1n) is 11.7. The highest BCUT2D eigenvalue weighted by Crippen LogP contribution is 2.29. The van der Waals surface area contributed by atoms with Crippen molar-refractivity contribution in [2.75, 3.05) is 0 Å². The van der Waals surface area contributed by atoms with Crippen LogP contribution in [0.15, 0.2) is 12.1 Å². The minimum atomic E-state index is -1.46. The van der Waals surface area contributed by atoms with Gasteiger partial charge in [0.25, 0.3) is 0 Å². The fraction of sp³-hybridized carbons (Fsp3) is 0.692. The van der Waals surface area contributed by atoms with E-state index in [2.05, 4.69) is 41.5 Å². The van der Waals surface area contributed by atoms with Crippen LogP contribution in [0.25, 0.3) is 0 Å². The monoisotopic (exact) mass is 416 g/mol. The Labute approximate surface area is 183 Å². The van der Waals surface area contributed by atoms with Crippen LogP contribution in [-0.4, -0.2) is 11.9 Å². The van der Waals surface area contributed by atoms with Crippen LogP contribution >= 0.6 is 0 Å². The Hall–Kier alpha value is -1.84. The lowest BCUT2D eigenvalue weighted by molar-refractivity contribution is -0.259. The third kappa shape index (κ3) is 8.12. The van der Waals surface area contributed by atoms with Crippen LogP contribution < -0.4 is 10.2 Å². The van der Waals surface area contributed by atoms with E-state index >= 15 is 0 Å². The first-order chi connectivity index (χ1) is 14.1. The second-order valence-corrected chi connectivity index (χ2v) is 9.58. The van der Waals surface area contributed by atoms with Crippen molar-refractivity contribution in [3.8, 4) is 0 Å². The highest BCUT2D eigenvalue weighted by Gasteiger charge is 2.20. The number of hydrogen-bond acceptors (Lipinski definition) is 4. The summed E-state index contributed by atoms with van der Waals surface area (Å²) in [6.45, 7) is 13.1. The molecule has 170 valence electrons. The van der Waals surface area contributed by atoms with E-state index in [1.165, 1.54) is 12.5 Å². The maximum Gasteiger partial charge on any atom is 0.0724 e. The molecule has 4 atom stereocenters. The SMILES string of the molecule is CCCC(C)CC(C)Cc1ccc(C(=O)[O-])c(C(=O)[O-])c1CC(C)CC(C)CCC. The number of carboxylic acid groups (broad SMARTS) is 2. The van der Waals surface area contributed by atoms with Crippen molar-refractivity contribution in [3.63, 3.8) is 0 Å². The zero-order valence-electron chi connectivity index (χ0n) is 19.8. The minimum Gasteiger partial charge on any atom is -0.545 e. The molecule has 0 saturated heterocycles. The molecule has 0 aliphatic heterocycles. The molecule has 0 saturated carbocycles. The van der Waals surface area contributed by atoms with E-state index < -0.39 is 11.9 Å². The predicted octanol–water partition coefficient (Wildman–Crippen LogP) is 4.42. The van der Waals surface area contributed by atoms with E-state index in [0.717, 1.165) is 44.1 Å². The van der Waals surface area contributed by atoms with Gasteiger partial charge in [-0.15, -0.1) is 0 Å². The molecule has 0 aliphatic carbocycles. The van der Waals surface area contributed by atoms with E-state index in [1.54, 1.807) is 6.07 Å². The normalized spacial score (nSPS) is 15.4. The molecule has 0 bridgehead atoms. The molecule has 4 heteroatoms. The topological polar surface area (TPSA) is 80.3 Å². The van der Waals surface area contributed by atoms with Gasteiger partial charge in [-0.2, -0.15) is 0 Å². The van der Waals surface area contributed by atoms with E-state index in [4.69, 9.17) is 0 Å². The number of carbonyl (C=O) groups excluding carboxylic acids is 2. The van der Waals surface area contributed by atoms with Gasteiger partial charge in [0.05, 0.1) is 11.9 Å². The van der Waals surface area contributed by atoms with Gasteiger partial charge in [0.15, 0.2) is 0 Å². The Morgan fingerprint density at radius 2 is 1.27 bits per heavy atom. The largest absolute Gasteiger partial charge is 0.545 e. The van der Waals surface area contributed by atoms with Crippen LogP contribution in [0.3, 0.4) is 0 Å². The van der Waals surface area contributed by atoms with Crippen molar-refractivity contribution in [3.05, 3.63) is 34.4 Å². The summed E-state index contributed by atoms with van der Waals surface area (Å²) in [7, 11) is 0. The quantitative estimate of drug-likeness (QED) is 0.449. The summed E-state index contributed by atoms with van der Waals surface area (Å²) in [6, 6.07) is 3.17. The Kier molecular flexibility index (Phi) is 11.1. The molecule has 0 spiro atoms. The maximum absolute atomic E-state index is 12.0. The molecule has 0 radical (unpaired) electrons. The second-order valence-electron chi connectivity index (χ2n) is 9.58. The molecule has 0 fully saturated rings.